The number of likely N-dealkylation sites (tertiary alicyclic amines) is 1. The lowest BCUT2D eigenvalue weighted by molar-refractivity contribution is 0.310. The summed E-state index contributed by atoms with van der Waals surface area (Å²) in [6.45, 7) is 3.79. The molecule has 1 atom stereocenters. The lowest BCUT2D eigenvalue weighted by Crippen LogP contribution is -2.35. The van der Waals surface area contributed by atoms with Gasteiger partial charge in [0.05, 0.1) is 5.69 Å². The summed E-state index contributed by atoms with van der Waals surface area (Å²) in [7, 11) is 4.16. The van der Waals surface area contributed by atoms with Gasteiger partial charge in [0.1, 0.15) is 12.4 Å². The fourth-order valence-electron chi connectivity index (χ4n) is 4.81. The summed E-state index contributed by atoms with van der Waals surface area (Å²) in [6, 6.07) is 23.8. The van der Waals surface area contributed by atoms with Gasteiger partial charge in [-0.1, -0.05) is 41.9 Å². The third kappa shape index (κ3) is 5.58. The van der Waals surface area contributed by atoms with Crippen LogP contribution < -0.4 is 14.5 Å². The molecule has 1 unspecified atom stereocenters. The number of ether oxygens (including phenoxy) is 1. The zero-order valence-electron chi connectivity index (χ0n) is 19.6. The molecule has 0 radical (unpaired) electrons. The van der Waals surface area contributed by atoms with Gasteiger partial charge in [-0.3, -0.25) is 0 Å². The molecular weight excluding hydrogens is 489 g/mol. The van der Waals surface area contributed by atoms with Crippen molar-refractivity contribution in [1.82, 2.24) is 4.90 Å². The number of fused-ring (bicyclic) bond motifs is 2. The summed E-state index contributed by atoms with van der Waals surface area (Å²) in [5, 5.41) is 0.768. The van der Waals surface area contributed by atoms with Gasteiger partial charge in [0.15, 0.2) is 0 Å². The van der Waals surface area contributed by atoms with E-state index in [4.69, 9.17) is 16.3 Å². The van der Waals surface area contributed by atoms with Crippen LogP contribution in [0.1, 0.15) is 17.5 Å². The first-order valence-corrected chi connectivity index (χ1v) is 11.7. The van der Waals surface area contributed by atoms with Crippen LogP contribution in [0, 0.1) is 0 Å². The number of halogens is 3. The van der Waals surface area contributed by atoms with Crippen LogP contribution in [0.4, 0.5) is 17.1 Å². The molecule has 3 aromatic carbocycles. The van der Waals surface area contributed by atoms with Gasteiger partial charge in [-0.05, 0) is 54.8 Å². The molecule has 7 heteroatoms. The minimum atomic E-state index is 0. The van der Waals surface area contributed by atoms with Gasteiger partial charge < -0.3 is 19.4 Å². The number of nitrogens with zero attached hydrogens (tertiary/aromatic N) is 3. The van der Waals surface area contributed by atoms with Crippen molar-refractivity contribution in [3.8, 4) is 5.75 Å². The smallest absolute Gasteiger partial charge is 0.143 e. The highest BCUT2D eigenvalue weighted by Crippen LogP contribution is 2.43. The maximum Gasteiger partial charge on any atom is 0.143 e. The average molecular weight is 521 g/mol. The SMILES string of the molecule is CN(C)c1ccc(CCN2CCC(N3c4cc(Cl)ccc4COc4ccccc43)C2)cc1.Cl.Cl. The summed E-state index contributed by atoms with van der Waals surface area (Å²) >= 11 is 6.42. The third-order valence-corrected chi connectivity index (χ3v) is 6.83. The van der Waals surface area contributed by atoms with Crippen molar-refractivity contribution >= 4 is 53.5 Å². The lowest BCUT2D eigenvalue weighted by atomic mass is 10.1. The quantitative estimate of drug-likeness (QED) is 0.377. The molecule has 0 spiro atoms. The number of para-hydroxylation sites is 2. The van der Waals surface area contributed by atoms with Crippen LogP contribution in [0.2, 0.25) is 5.02 Å². The Hall–Kier alpha value is -2.11. The number of hydrogen-bond donors (Lipinski definition) is 0. The maximum atomic E-state index is 6.42. The second kappa shape index (κ2) is 11.5. The minimum absolute atomic E-state index is 0. The minimum Gasteiger partial charge on any atom is -0.487 e. The van der Waals surface area contributed by atoms with Gasteiger partial charge in [-0.25, -0.2) is 0 Å². The highest BCUT2D eigenvalue weighted by Gasteiger charge is 2.32. The van der Waals surface area contributed by atoms with Crippen molar-refractivity contribution in [3.63, 3.8) is 0 Å². The van der Waals surface area contributed by atoms with Crippen molar-refractivity contribution in [2.75, 3.05) is 43.5 Å². The highest BCUT2D eigenvalue weighted by molar-refractivity contribution is 6.30. The van der Waals surface area contributed by atoms with Crippen molar-refractivity contribution in [1.29, 1.82) is 0 Å². The van der Waals surface area contributed by atoms with Gasteiger partial charge in [-0.2, -0.15) is 0 Å². The van der Waals surface area contributed by atoms with Crippen LogP contribution in [-0.4, -0.2) is 44.7 Å². The number of benzene rings is 3. The molecule has 1 fully saturated rings. The largest absolute Gasteiger partial charge is 0.487 e. The fraction of sp³-hybridized carbons (Fsp3) is 0.333. The summed E-state index contributed by atoms with van der Waals surface area (Å²) in [5.41, 5.74) is 6.14. The Kier molecular flexibility index (Phi) is 9.00. The molecule has 0 amide bonds. The molecule has 3 aromatic rings. The van der Waals surface area contributed by atoms with Crippen molar-refractivity contribution < 1.29 is 4.74 Å². The molecule has 2 aliphatic heterocycles. The molecule has 0 saturated carbocycles. The Labute approximate surface area is 220 Å². The van der Waals surface area contributed by atoms with Crippen molar-refractivity contribution in [2.24, 2.45) is 0 Å². The Morgan fingerprint density at radius 2 is 1.74 bits per heavy atom. The monoisotopic (exact) mass is 519 g/mol. The summed E-state index contributed by atoms with van der Waals surface area (Å²) in [4.78, 5) is 7.19. The summed E-state index contributed by atoms with van der Waals surface area (Å²) < 4.78 is 6.16. The van der Waals surface area contributed by atoms with E-state index in [0.717, 1.165) is 48.9 Å². The molecule has 34 heavy (non-hydrogen) atoms. The normalized spacial score (nSPS) is 16.9. The number of anilines is 3. The molecule has 0 bridgehead atoms. The van der Waals surface area contributed by atoms with E-state index >= 15 is 0 Å². The van der Waals surface area contributed by atoms with Crippen molar-refractivity contribution in [3.05, 3.63) is 82.9 Å². The summed E-state index contributed by atoms with van der Waals surface area (Å²) in [5.74, 6) is 0.944. The number of hydrogen-bond acceptors (Lipinski definition) is 4. The van der Waals surface area contributed by atoms with Crippen LogP contribution in [0.5, 0.6) is 5.75 Å². The van der Waals surface area contributed by atoms with Crippen LogP contribution in [0.3, 0.4) is 0 Å². The molecule has 5 rings (SSSR count). The number of rotatable bonds is 5. The first kappa shape index (κ1) is 26.5. The van der Waals surface area contributed by atoms with Crippen LogP contribution in [0.15, 0.2) is 66.7 Å². The Morgan fingerprint density at radius 1 is 0.971 bits per heavy atom. The molecule has 0 aromatic heterocycles. The van der Waals surface area contributed by atoms with Gasteiger partial charge in [0.2, 0.25) is 0 Å². The predicted molar refractivity (Wildman–Crippen MR) is 148 cm³/mol. The van der Waals surface area contributed by atoms with Crippen LogP contribution in [0.25, 0.3) is 0 Å². The Balaban J connectivity index is 0.00000162. The molecule has 1 saturated heterocycles. The zero-order chi connectivity index (χ0) is 22.1. The molecule has 182 valence electrons. The standard InChI is InChI=1S/C27H30ClN3O.2ClH/c1-29(2)23-11-7-20(8-12-23)13-15-30-16-14-24(18-30)31-25-5-3-4-6-27(25)32-19-21-9-10-22(28)17-26(21)31;;/h3-12,17,24H,13-16,18-19H2,1-2H3;2*1H. The molecule has 2 aliphatic rings. The van der Waals surface area contributed by atoms with E-state index < -0.39 is 0 Å². The first-order valence-electron chi connectivity index (χ1n) is 11.4. The van der Waals surface area contributed by atoms with Crippen LogP contribution in [-0.2, 0) is 13.0 Å². The van der Waals surface area contributed by atoms with Gasteiger partial charge in [0, 0.05) is 61.7 Å². The maximum absolute atomic E-state index is 6.42. The summed E-state index contributed by atoms with van der Waals surface area (Å²) in [6.07, 6.45) is 2.20. The zero-order valence-corrected chi connectivity index (χ0v) is 22.0. The average Bonchev–Trinajstić information content (AvgIpc) is 3.20. The van der Waals surface area contributed by atoms with Gasteiger partial charge >= 0.3 is 0 Å². The predicted octanol–water partition coefficient (Wildman–Crippen LogP) is 6.60. The van der Waals surface area contributed by atoms with Gasteiger partial charge in [0.25, 0.3) is 0 Å². The van der Waals surface area contributed by atoms with E-state index in [9.17, 15) is 0 Å². The second-order valence-corrected chi connectivity index (χ2v) is 9.39. The van der Waals surface area contributed by atoms with E-state index in [1.54, 1.807) is 0 Å². The molecule has 0 N–H and O–H groups in total. The van der Waals surface area contributed by atoms with Crippen molar-refractivity contribution in [2.45, 2.75) is 25.5 Å². The highest BCUT2D eigenvalue weighted by atomic mass is 35.5. The van der Waals surface area contributed by atoms with E-state index in [1.807, 2.05) is 12.1 Å². The third-order valence-electron chi connectivity index (χ3n) is 6.60. The molecule has 4 nitrogen and oxygen atoms in total. The van der Waals surface area contributed by atoms with Crippen LogP contribution >= 0.6 is 36.4 Å². The molecule has 2 heterocycles. The molecule has 0 aliphatic carbocycles. The van der Waals surface area contributed by atoms with E-state index in [1.165, 1.54) is 22.5 Å². The Bertz CT molecular complexity index is 1090. The topological polar surface area (TPSA) is 19.0 Å². The van der Waals surface area contributed by atoms with E-state index in [-0.39, 0.29) is 24.8 Å². The lowest BCUT2D eigenvalue weighted by Gasteiger charge is -2.32. The van der Waals surface area contributed by atoms with E-state index in [2.05, 4.69) is 83.4 Å². The van der Waals surface area contributed by atoms with E-state index in [0.29, 0.717) is 12.6 Å². The Morgan fingerprint density at radius 3 is 2.50 bits per heavy atom. The molecular formula is C27H32Cl3N3O. The second-order valence-electron chi connectivity index (χ2n) is 8.95. The van der Waals surface area contributed by atoms with Gasteiger partial charge in [-0.15, -0.1) is 24.8 Å². The fourth-order valence-corrected chi connectivity index (χ4v) is 4.98. The first-order chi connectivity index (χ1) is 15.6.